The van der Waals surface area contributed by atoms with Gasteiger partial charge in [-0.2, -0.15) is 4.31 Å². The second kappa shape index (κ2) is 11.2. The van der Waals surface area contributed by atoms with Crippen LogP contribution in [0.5, 0.6) is 5.75 Å². The molecule has 1 heterocycles. The Hall–Kier alpha value is -3.35. The van der Waals surface area contributed by atoms with Crippen LogP contribution >= 0.6 is 0 Å². The molecule has 1 N–H and O–H groups in total. The molecule has 2 aromatic rings. The van der Waals surface area contributed by atoms with Crippen molar-refractivity contribution in [3.63, 3.8) is 0 Å². The maximum atomic E-state index is 12.8. The van der Waals surface area contributed by atoms with Crippen LogP contribution in [0.1, 0.15) is 30.1 Å². The van der Waals surface area contributed by atoms with E-state index in [4.69, 9.17) is 9.47 Å². The Labute approximate surface area is 196 Å². The number of carbonyl (C=O) groups excluding carboxylic acids is 2. The average molecular weight is 492 g/mol. The molecule has 1 saturated heterocycles. The summed E-state index contributed by atoms with van der Waals surface area (Å²) in [5.74, 6) is -0.787. The summed E-state index contributed by atoms with van der Waals surface area (Å²) < 4.78 is 37.3. The van der Waals surface area contributed by atoms with Gasteiger partial charge in [0.25, 0.3) is 0 Å². The number of morpholine rings is 1. The number of nitrogens with one attached hydrogen (secondary N) is 1. The number of hydrogen-bond donors (Lipinski definition) is 1. The lowest BCUT2D eigenvalue weighted by atomic mass is 10.1. The maximum Gasteiger partial charge on any atom is 0.312 e. The van der Waals surface area contributed by atoms with Crippen LogP contribution in [0.2, 0.25) is 0 Å². The second-order valence-electron chi connectivity index (χ2n) is 7.49. The lowest BCUT2D eigenvalue weighted by Gasteiger charge is -2.26. The first-order chi connectivity index (χ1) is 16.2. The quantitative estimate of drug-likeness (QED) is 0.303. The third-order valence-corrected chi connectivity index (χ3v) is 6.96. The summed E-state index contributed by atoms with van der Waals surface area (Å²) in [7, 11) is -3.93. The summed E-state index contributed by atoms with van der Waals surface area (Å²) in [6.07, 6.45) is 1.10. The van der Waals surface area contributed by atoms with Gasteiger partial charge in [0.05, 0.1) is 23.0 Å². The van der Waals surface area contributed by atoms with Crippen molar-refractivity contribution in [3.8, 4) is 5.75 Å². The number of nitrogens with zero attached hydrogens (tertiary/aromatic N) is 2. The van der Waals surface area contributed by atoms with Crippen molar-refractivity contribution in [2.45, 2.75) is 24.7 Å². The number of rotatable bonds is 10. The fraction of sp³-hybridized carbons (Fsp3) is 0.364. The third-order valence-electron chi connectivity index (χ3n) is 5.06. The number of benzene rings is 2. The van der Waals surface area contributed by atoms with Crippen LogP contribution in [0.4, 0.5) is 11.4 Å². The molecular formula is C22H25N3O8S. The summed E-state index contributed by atoms with van der Waals surface area (Å²) in [5, 5.41) is 14.3. The van der Waals surface area contributed by atoms with Gasteiger partial charge in [0.1, 0.15) is 0 Å². The number of amides is 1. The third kappa shape index (κ3) is 6.16. The lowest BCUT2D eigenvalue weighted by Crippen LogP contribution is -2.40. The number of ketones is 1. The largest absolute Gasteiger partial charge is 0.478 e. The summed E-state index contributed by atoms with van der Waals surface area (Å²) >= 11 is 0. The van der Waals surface area contributed by atoms with Crippen LogP contribution < -0.4 is 10.1 Å². The highest BCUT2D eigenvalue weighted by Crippen LogP contribution is 2.31. The lowest BCUT2D eigenvalue weighted by molar-refractivity contribution is -0.386. The fourth-order valence-electron chi connectivity index (χ4n) is 3.28. The molecule has 11 nitrogen and oxygen atoms in total. The van der Waals surface area contributed by atoms with Gasteiger partial charge >= 0.3 is 5.69 Å². The molecule has 0 aromatic heterocycles. The van der Waals surface area contributed by atoms with E-state index in [0.717, 1.165) is 6.07 Å². The van der Waals surface area contributed by atoms with Crippen LogP contribution in [0.25, 0.3) is 0 Å². The molecular weight excluding hydrogens is 466 g/mol. The molecule has 1 aliphatic rings. The monoisotopic (exact) mass is 491 g/mol. The number of carbonyl (C=O) groups is 2. The Balaban J connectivity index is 1.70. The Morgan fingerprint density at radius 2 is 1.82 bits per heavy atom. The number of Topliss-reactive ketones (excluding diaryl/α,β-unsaturated/α-hetero) is 1. The van der Waals surface area contributed by atoms with Crippen LogP contribution in [-0.2, 0) is 19.6 Å². The number of nitro groups is 1. The molecule has 0 atom stereocenters. The SMILES string of the molecule is CCCC(=O)Nc1ccc(C(=O)COc2ccc(S(=O)(=O)N3CCOCC3)cc2[N+](=O)[O-])cc1. The van der Waals surface area contributed by atoms with Crippen molar-refractivity contribution in [1.29, 1.82) is 0 Å². The van der Waals surface area contributed by atoms with Crippen LogP contribution in [0, 0.1) is 10.1 Å². The van der Waals surface area contributed by atoms with E-state index in [9.17, 15) is 28.1 Å². The molecule has 0 spiro atoms. The maximum absolute atomic E-state index is 12.8. The molecule has 1 amide bonds. The first-order valence-electron chi connectivity index (χ1n) is 10.6. The van der Waals surface area contributed by atoms with Crippen LogP contribution in [0.15, 0.2) is 47.4 Å². The molecule has 182 valence electrons. The van der Waals surface area contributed by atoms with E-state index >= 15 is 0 Å². The molecule has 2 aromatic carbocycles. The molecule has 0 bridgehead atoms. The van der Waals surface area contributed by atoms with E-state index in [1.54, 1.807) is 12.1 Å². The first kappa shape index (κ1) is 25.3. The predicted molar refractivity (Wildman–Crippen MR) is 122 cm³/mol. The molecule has 34 heavy (non-hydrogen) atoms. The number of nitro benzene ring substituents is 1. The normalized spacial score (nSPS) is 14.4. The van der Waals surface area contributed by atoms with Gasteiger partial charge in [0.2, 0.25) is 15.9 Å². The number of sulfonamides is 1. The molecule has 0 radical (unpaired) electrons. The standard InChI is InChI=1S/C22H25N3O8S/c1-2-3-22(27)23-17-6-4-16(5-7-17)20(26)15-33-21-9-8-18(14-19(21)25(28)29)34(30,31)24-10-12-32-13-11-24/h4-9,14H,2-3,10-13,15H2,1H3,(H,23,27). The van der Waals surface area contributed by atoms with Gasteiger partial charge in [-0.3, -0.25) is 19.7 Å². The molecule has 1 aliphatic heterocycles. The number of anilines is 1. The highest BCUT2D eigenvalue weighted by atomic mass is 32.2. The Morgan fingerprint density at radius 3 is 2.44 bits per heavy atom. The van der Waals surface area contributed by atoms with Crippen molar-refractivity contribution in [2.24, 2.45) is 0 Å². The molecule has 1 fully saturated rings. The Bertz CT molecular complexity index is 1160. The van der Waals surface area contributed by atoms with E-state index in [1.165, 1.54) is 28.6 Å². The molecule has 0 unspecified atom stereocenters. The van der Waals surface area contributed by atoms with Gasteiger partial charge in [-0.25, -0.2) is 8.42 Å². The van der Waals surface area contributed by atoms with E-state index in [2.05, 4.69) is 5.32 Å². The van der Waals surface area contributed by atoms with E-state index in [1.807, 2.05) is 6.92 Å². The summed E-state index contributed by atoms with van der Waals surface area (Å²) in [4.78, 5) is 34.7. The number of hydrogen-bond acceptors (Lipinski definition) is 8. The molecule has 0 aliphatic carbocycles. The van der Waals surface area contributed by atoms with Gasteiger partial charge in [-0.05, 0) is 42.8 Å². The Morgan fingerprint density at radius 1 is 1.15 bits per heavy atom. The molecule has 3 rings (SSSR count). The van der Waals surface area contributed by atoms with Gasteiger partial charge < -0.3 is 14.8 Å². The highest BCUT2D eigenvalue weighted by Gasteiger charge is 2.29. The van der Waals surface area contributed by atoms with Crippen LogP contribution in [-0.4, -0.2) is 62.2 Å². The minimum Gasteiger partial charge on any atom is -0.478 e. The molecule has 12 heteroatoms. The van der Waals surface area contributed by atoms with Crippen molar-refractivity contribution in [3.05, 3.63) is 58.1 Å². The second-order valence-corrected chi connectivity index (χ2v) is 9.43. The zero-order chi connectivity index (χ0) is 24.7. The Kier molecular flexibility index (Phi) is 8.31. The first-order valence-corrected chi connectivity index (χ1v) is 12.1. The zero-order valence-corrected chi connectivity index (χ0v) is 19.4. The van der Waals surface area contributed by atoms with Crippen molar-refractivity contribution >= 4 is 33.1 Å². The predicted octanol–water partition coefficient (Wildman–Crippen LogP) is 2.62. The summed E-state index contributed by atoms with van der Waals surface area (Å²) in [6.45, 7) is 2.21. The average Bonchev–Trinajstić information content (AvgIpc) is 2.83. The van der Waals surface area contributed by atoms with Gasteiger partial charge in [-0.1, -0.05) is 6.92 Å². The smallest absolute Gasteiger partial charge is 0.312 e. The van der Waals surface area contributed by atoms with Crippen molar-refractivity contribution in [2.75, 3.05) is 38.2 Å². The van der Waals surface area contributed by atoms with Gasteiger partial charge in [0, 0.05) is 36.8 Å². The van der Waals surface area contributed by atoms with Crippen molar-refractivity contribution < 1.29 is 32.4 Å². The summed E-state index contributed by atoms with van der Waals surface area (Å²) in [6, 6.07) is 9.50. The minimum atomic E-state index is -3.93. The van der Waals surface area contributed by atoms with E-state index in [-0.39, 0.29) is 42.9 Å². The molecule has 0 saturated carbocycles. The zero-order valence-electron chi connectivity index (χ0n) is 18.6. The van der Waals surface area contributed by atoms with Crippen molar-refractivity contribution in [1.82, 2.24) is 4.31 Å². The van der Waals surface area contributed by atoms with E-state index in [0.29, 0.717) is 24.1 Å². The van der Waals surface area contributed by atoms with E-state index < -0.39 is 33.0 Å². The van der Waals surface area contributed by atoms with Gasteiger partial charge in [0.15, 0.2) is 18.1 Å². The summed E-state index contributed by atoms with van der Waals surface area (Å²) in [5.41, 5.74) is 0.280. The highest BCUT2D eigenvalue weighted by molar-refractivity contribution is 7.89. The fourth-order valence-corrected chi connectivity index (χ4v) is 4.70. The number of ether oxygens (including phenoxy) is 2. The van der Waals surface area contributed by atoms with Gasteiger partial charge in [-0.15, -0.1) is 0 Å². The van der Waals surface area contributed by atoms with Crippen LogP contribution in [0.3, 0.4) is 0 Å². The topological polar surface area (TPSA) is 145 Å². The minimum absolute atomic E-state index is 0.128.